The van der Waals surface area contributed by atoms with E-state index in [0.29, 0.717) is 12.4 Å². The molecule has 0 aliphatic rings. The fourth-order valence-electron chi connectivity index (χ4n) is 1.06. The molecule has 1 N–H and O–H groups in total. The molecule has 0 fully saturated rings. The molecule has 0 saturated carbocycles. The molecule has 1 atom stereocenters. The van der Waals surface area contributed by atoms with E-state index in [1.807, 2.05) is 30.3 Å². The van der Waals surface area contributed by atoms with Crippen LogP contribution >= 0.6 is 11.8 Å². The van der Waals surface area contributed by atoms with E-state index in [1.165, 1.54) is 6.92 Å². The summed E-state index contributed by atoms with van der Waals surface area (Å²) in [6.07, 6.45) is -1.52. The number of ketones is 1. The molecule has 0 aliphatic carbocycles. The Morgan fingerprint density at radius 3 is 2.59 bits per heavy atom. The van der Waals surface area contributed by atoms with Gasteiger partial charge in [0.2, 0.25) is 5.12 Å². The third-order valence-corrected chi connectivity index (χ3v) is 2.83. The zero-order valence-electron chi connectivity index (χ0n) is 9.46. The Balaban J connectivity index is 2.21. The number of hydrogen-bond acceptors (Lipinski definition) is 5. The van der Waals surface area contributed by atoms with Crippen LogP contribution in [0.25, 0.3) is 0 Å². The van der Waals surface area contributed by atoms with Gasteiger partial charge in [0.25, 0.3) is 0 Å². The van der Waals surface area contributed by atoms with Crippen LogP contribution in [0.2, 0.25) is 0 Å². The van der Waals surface area contributed by atoms with Gasteiger partial charge >= 0.3 is 0 Å². The molecule has 1 rings (SSSR count). The fourth-order valence-corrected chi connectivity index (χ4v) is 1.76. The molecule has 1 aromatic carbocycles. The minimum absolute atomic E-state index is 0.352. The molecule has 92 valence electrons. The Bertz CT molecular complexity index is 377. The first-order chi connectivity index (χ1) is 8.11. The molecule has 0 saturated heterocycles. The second-order valence-electron chi connectivity index (χ2n) is 3.34. The van der Waals surface area contributed by atoms with Gasteiger partial charge < -0.3 is 9.84 Å². The normalized spacial score (nSPS) is 11.9. The molecule has 0 unspecified atom stereocenters. The summed E-state index contributed by atoms with van der Waals surface area (Å²) in [5.41, 5.74) is 0. The number of hydrogen-bond donors (Lipinski definition) is 1. The molecule has 17 heavy (non-hydrogen) atoms. The molecule has 0 aliphatic heterocycles. The van der Waals surface area contributed by atoms with Crippen molar-refractivity contribution in [2.75, 3.05) is 12.4 Å². The predicted octanol–water partition coefficient (Wildman–Crippen LogP) is 1.28. The van der Waals surface area contributed by atoms with E-state index < -0.39 is 17.0 Å². The van der Waals surface area contributed by atoms with Crippen LogP contribution in [-0.2, 0) is 9.59 Å². The Hall–Kier alpha value is -1.33. The number of Topliss-reactive ketones (excluding diaryl/α,β-unsaturated/α-hetero) is 1. The summed E-state index contributed by atoms with van der Waals surface area (Å²) in [7, 11) is 0. The highest BCUT2D eigenvalue weighted by Gasteiger charge is 2.19. The SMILES string of the molecule is CC(=O)[C@H](O)C(=O)SCCOc1ccccc1. The van der Waals surface area contributed by atoms with Crippen LogP contribution in [0.3, 0.4) is 0 Å². The Morgan fingerprint density at radius 1 is 1.35 bits per heavy atom. The first-order valence-electron chi connectivity index (χ1n) is 5.14. The molecular weight excluding hydrogens is 240 g/mol. The van der Waals surface area contributed by atoms with Crippen molar-refractivity contribution in [2.24, 2.45) is 0 Å². The first-order valence-corrected chi connectivity index (χ1v) is 6.13. The number of carbonyl (C=O) groups is 2. The molecule has 0 bridgehead atoms. The summed E-state index contributed by atoms with van der Waals surface area (Å²) in [5, 5.41) is 8.62. The monoisotopic (exact) mass is 254 g/mol. The average Bonchev–Trinajstić information content (AvgIpc) is 2.34. The number of ether oxygens (including phenoxy) is 1. The van der Waals surface area contributed by atoms with E-state index in [4.69, 9.17) is 9.84 Å². The molecular formula is C12H14O4S. The number of carbonyl (C=O) groups excluding carboxylic acids is 2. The van der Waals surface area contributed by atoms with E-state index in [0.717, 1.165) is 17.5 Å². The number of benzene rings is 1. The quantitative estimate of drug-likeness (QED) is 0.612. The van der Waals surface area contributed by atoms with E-state index in [-0.39, 0.29) is 0 Å². The molecule has 0 heterocycles. The van der Waals surface area contributed by atoms with Crippen molar-refractivity contribution in [3.8, 4) is 5.75 Å². The van der Waals surface area contributed by atoms with Crippen LogP contribution in [0.15, 0.2) is 30.3 Å². The Kier molecular flexibility index (Phi) is 5.72. The van der Waals surface area contributed by atoms with Crippen LogP contribution < -0.4 is 4.74 Å². The fraction of sp³-hybridized carbons (Fsp3) is 0.333. The first kappa shape index (κ1) is 13.7. The number of thioether (sulfide) groups is 1. The van der Waals surface area contributed by atoms with E-state index >= 15 is 0 Å². The summed E-state index contributed by atoms with van der Waals surface area (Å²) in [6, 6.07) is 9.22. The molecule has 1 aromatic rings. The lowest BCUT2D eigenvalue weighted by Gasteiger charge is -2.06. The summed E-state index contributed by atoms with van der Waals surface area (Å²) < 4.78 is 5.36. The van der Waals surface area contributed by atoms with Gasteiger partial charge in [0.05, 0.1) is 6.61 Å². The van der Waals surface area contributed by atoms with Crippen molar-refractivity contribution in [1.29, 1.82) is 0 Å². The summed E-state index contributed by atoms with van der Waals surface area (Å²) in [5.74, 6) is 0.595. The van der Waals surface area contributed by atoms with Crippen molar-refractivity contribution in [1.82, 2.24) is 0 Å². The zero-order valence-corrected chi connectivity index (χ0v) is 10.3. The van der Waals surface area contributed by atoms with Crippen LogP contribution in [0.4, 0.5) is 0 Å². The minimum Gasteiger partial charge on any atom is -0.493 e. The van der Waals surface area contributed by atoms with Gasteiger partial charge in [-0.3, -0.25) is 9.59 Å². The van der Waals surface area contributed by atoms with Crippen LogP contribution in [0, 0.1) is 0 Å². The largest absolute Gasteiger partial charge is 0.493 e. The lowest BCUT2D eigenvalue weighted by Crippen LogP contribution is -2.25. The topological polar surface area (TPSA) is 63.6 Å². The highest BCUT2D eigenvalue weighted by Crippen LogP contribution is 2.10. The Labute approximate surface area is 104 Å². The number of aliphatic hydroxyl groups excluding tert-OH is 1. The second kappa shape index (κ2) is 7.09. The average molecular weight is 254 g/mol. The smallest absolute Gasteiger partial charge is 0.225 e. The van der Waals surface area contributed by atoms with Crippen molar-refractivity contribution >= 4 is 22.7 Å². The summed E-state index contributed by atoms with van der Waals surface area (Å²) in [6.45, 7) is 1.54. The molecule has 4 nitrogen and oxygen atoms in total. The maximum absolute atomic E-state index is 11.2. The van der Waals surface area contributed by atoms with Gasteiger partial charge in [-0.15, -0.1) is 0 Å². The molecule has 0 amide bonds. The van der Waals surface area contributed by atoms with E-state index in [2.05, 4.69) is 0 Å². The van der Waals surface area contributed by atoms with Gasteiger partial charge in [-0.2, -0.15) is 0 Å². The number of rotatable bonds is 6. The van der Waals surface area contributed by atoms with Crippen LogP contribution in [0.1, 0.15) is 6.92 Å². The third-order valence-electron chi connectivity index (χ3n) is 1.95. The van der Waals surface area contributed by atoms with Crippen molar-refractivity contribution < 1.29 is 19.4 Å². The van der Waals surface area contributed by atoms with E-state index in [1.54, 1.807) is 0 Å². The van der Waals surface area contributed by atoms with Crippen molar-refractivity contribution in [3.05, 3.63) is 30.3 Å². The van der Waals surface area contributed by atoms with Gasteiger partial charge in [-0.25, -0.2) is 0 Å². The highest BCUT2D eigenvalue weighted by atomic mass is 32.2. The molecule has 0 spiro atoms. The van der Waals surface area contributed by atoms with Gasteiger partial charge in [0, 0.05) is 5.75 Å². The van der Waals surface area contributed by atoms with Crippen LogP contribution in [0.5, 0.6) is 5.75 Å². The lowest BCUT2D eigenvalue weighted by atomic mass is 10.3. The van der Waals surface area contributed by atoms with Crippen molar-refractivity contribution in [3.63, 3.8) is 0 Å². The predicted molar refractivity (Wildman–Crippen MR) is 66.1 cm³/mol. The highest BCUT2D eigenvalue weighted by molar-refractivity contribution is 8.13. The van der Waals surface area contributed by atoms with Gasteiger partial charge in [-0.1, -0.05) is 30.0 Å². The number of aliphatic hydroxyl groups is 1. The maximum atomic E-state index is 11.2. The number of para-hydroxylation sites is 1. The lowest BCUT2D eigenvalue weighted by molar-refractivity contribution is -0.132. The minimum atomic E-state index is -1.52. The van der Waals surface area contributed by atoms with Gasteiger partial charge in [-0.05, 0) is 19.1 Å². The summed E-state index contributed by atoms with van der Waals surface area (Å²) >= 11 is 0.897. The molecule has 0 aromatic heterocycles. The standard InChI is InChI=1S/C12H14O4S/c1-9(13)11(14)12(15)17-8-7-16-10-5-3-2-4-6-10/h2-6,11,14H,7-8H2,1H3/t11-/m0/s1. The summed E-state index contributed by atoms with van der Waals surface area (Å²) in [4.78, 5) is 22.0. The molecule has 0 radical (unpaired) electrons. The third kappa shape index (κ3) is 5.01. The van der Waals surface area contributed by atoms with Gasteiger partial charge in [0.1, 0.15) is 5.75 Å². The Morgan fingerprint density at radius 2 is 2.00 bits per heavy atom. The second-order valence-corrected chi connectivity index (χ2v) is 4.44. The van der Waals surface area contributed by atoms with Crippen molar-refractivity contribution in [2.45, 2.75) is 13.0 Å². The molecule has 5 heteroatoms. The van der Waals surface area contributed by atoms with Gasteiger partial charge in [0.15, 0.2) is 11.9 Å². The zero-order chi connectivity index (χ0) is 12.7. The van der Waals surface area contributed by atoms with E-state index in [9.17, 15) is 9.59 Å². The van der Waals surface area contributed by atoms with Crippen LogP contribution in [-0.4, -0.2) is 34.5 Å². The maximum Gasteiger partial charge on any atom is 0.225 e.